The summed E-state index contributed by atoms with van der Waals surface area (Å²) in [5, 5.41) is 8.98. The lowest BCUT2D eigenvalue weighted by atomic mass is 10.1. The fourth-order valence-corrected chi connectivity index (χ4v) is 1.63. The molecule has 0 spiro atoms. The molecule has 0 saturated heterocycles. The summed E-state index contributed by atoms with van der Waals surface area (Å²) in [6.45, 7) is 4.28. The second-order valence-corrected chi connectivity index (χ2v) is 4.07. The van der Waals surface area contributed by atoms with Crippen molar-refractivity contribution in [3.8, 4) is 0 Å². The zero-order chi connectivity index (χ0) is 12.7. The van der Waals surface area contributed by atoms with Gasteiger partial charge in [-0.25, -0.2) is 0 Å². The fourth-order valence-electron chi connectivity index (χ4n) is 1.63. The van der Waals surface area contributed by atoms with Crippen molar-refractivity contribution in [3.05, 3.63) is 20.4 Å². The molecule has 5 nitrogen and oxygen atoms in total. The molecule has 0 aliphatic heterocycles. The van der Waals surface area contributed by atoms with Crippen molar-refractivity contribution in [1.29, 1.82) is 0 Å². The number of unbranched alkanes of at least 4 members (excludes halogenated alkanes) is 2. The predicted octanol–water partition coefficient (Wildman–Crippen LogP) is 0.516. The summed E-state index contributed by atoms with van der Waals surface area (Å²) < 4.78 is 0. The average Bonchev–Trinajstić information content (AvgIpc) is 2.35. The SMILES string of the molecule is CCCCCNc1c(NCCNC)c(=O)c1=O. The van der Waals surface area contributed by atoms with E-state index in [0.717, 1.165) is 32.4 Å². The molecule has 17 heavy (non-hydrogen) atoms. The zero-order valence-electron chi connectivity index (χ0n) is 10.6. The largest absolute Gasteiger partial charge is 0.380 e. The van der Waals surface area contributed by atoms with Crippen molar-refractivity contribution in [2.75, 3.05) is 37.3 Å². The van der Waals surface area contributed by atoms with Crippen molar-refractivity contribution in [2.24, 2.45) is 0 Å². The molecule has 0 atom stereocenters. The second kappa shape index (κ2) is 7.06. The van der Waals surface area contributed by atoms with Gasteiger partial charge in [0.25, 0.3) is 10.9 Å². The van der Waals surface area contributed by atoms with Crippen LogP contribution < -0.4 is 26.8 Å². The first-order valence-corrected chi connectivity index (χ1v) is 6.18. The van der Waals surface area contributed by atoms with Crippen LogP contribution in [0.15, 0.2) is 9.59 Å². The highest BCUT2D eigenvalue weighted by atomic mass is 16.2. The molecule has 0 heterocycles. The normalized spacial score (nSPS) is 10.7. The van der Waals surface area contributed by atoms with Gasteiger partial charge in [0, 0.05) is 19.6 Å². The van der Waals surface area contributed by atoms with Crippen molar-refractivity contribution in [3.63, 3.8) is 0 Å². The molecule has 0 aromatic heterocycles. The van der Waals surface area contributed by atoms with Gasteiger partial charge in [-0.05, 0) is 13.5 Å². The molecular weight excluding hydrogens is 218 g/mol. The van der Waals surface area contributed by atoms with Crippen LogP contribution in [0.1, 0.15) is 26.2 Å². The molecule has 96 valence electrons. The van der Waals surface area contributed by atoms with Crippen LogP contribution in [-0.2, 0) is 0 Å². The standard InChI is InChI=1S/C12H21N3O2/c1-3-4-5-6-14-9-10(12(17)11(9)16)15-8-7-13-2/h13-15H,3-8H2,1-2H3. The van der Waals surface area contributed by atoms with Crippen LogP contribution in [0.3, 0.4) is 0 Å². The predicted molar refractivity (Wildman–Crippen MR) is 71.8 cm³/mol. The highest BCUT2D eigenvalue weighted by Crippen LogP contribution is 2.13. The third-order valence-corrected chi connectivity index (χ3v) is 2.67. The van der Waals surface area contributed by atoms with Gasteiger partial charge in [-0.3, -0.25) is 9.59 Å². The van der Waals surface area contributed by atoms with E-state index in [1.807, 2.05) is 7.05 Å². The van der Waals surface area contributed by atoms with Crippen molar-refractivity contribution in [2.45, 2.75) is 26.2 Å². The van der Waals surface area contributed by atoms with E-state index in [0.29, 0.717) is 17.9 Å². The molecule has 0 aliphatic carbocycles. The van der Waals surface area contributed by atoms with Crippen molar-refractivity contribution >= 4 is 11.4 Å². The van der Waals surface area contributed by atoms with E-state index in [4.69, 9.17) is 0 Å². The summed E-state index contributed by atoms with van der Waals surface area (Å²) in [6.07, 6.45) is 3.29. The van der Waals surface area contributed by atoms with Gasteiger partial charge >= 0.3 is 0 Å². The van der Waals surface area contributed by atoms with Gasteiger partial charge in [0.15, 0.2) is 0 Å². The minimum Gasteiger partial charge on any atom is -0.380 e. The van der Waals surface area contributed by atoms with E-state index < -0.39 is 10.9 Å². The Morgan fingerprint density at radius 3 is 2.00 bits per heavy atom. The van der Waals surface area contributed by atoms with E-state index in [2.05, 4.69) is 22.9 Å². The summed E-state index contributed by atoms with van der Waals surface area (Å²) >= 11 is 0. The van der Waals surface area contributed by atoms with Gasteiger partial charge in [-0.15, -0.1) is 0 Å². The molecule has 1 aromatic rings. The number of nitrogens with one attached hydrogen (secondary N) is 3. The molecule has 0 amide bonds. The Hall–Kier alpha value is -1.36. The van der Waals surface area contributed by atoms with Crippen LogP contribution in [0.2, 0.25) is 0 Å². The Morgan fingerprint density at radius 2 is 1.47 bits per heavy atom. The molecule has 0 saturated carbocycles. The highest BCUT2D eigenvalue weighted by Gasteiger charge is 2.19. The Labute approximate surface area is 101 Å². The second-order valence-electron chi connectivity index (χ2n) is 4.07. The Balaban J connectivity index is 2.45. The van der Waals surface area contributed by atoms with Crippen LogP contribution in [-0.4, -0.2) is 26.7 Å². The molecule has 0 aliphatic rings. The Morgan fingerprint density at radius 1 is 0.882 bits per heavy atom. The number of rotatable bonds is 9. The summed E-state index contributed by atoms with van der Waals surface area (Å²) in [7, 11) is 1.84. The molecule has 0 fully saturated rings. The van der Waals surface area contributed by atoms with Gasteiger partial charge in [-0.1, -0.05) is 19.8 Å². The van der Waals surface area contributed by atoms with E-state index >= 15 is 0 Å². The fraction of sp³-hybridized carbons (Fsp3) is 0.667. The van der Waals surface area contributed by atoms with Gasteiger partial charge < -0.3 is 16.0 Å². The smallest absolute Gasteiger partial charge is 0.253 e. The third kappa shape index (κ3) is 3.56. The molecule has 0 radical (unpaired) electrons. The van der Waals surface area contributed by atoms with E-state index in [-0.39, 0.29) is 0 Å². The quantitative estimate of drug-likeness (QED) is 0.433. The summed E-state index contributed by atoms with van der Waals surface area (Å²) in [6, 6.07) is 0. The molecule has 1 rings (SSSR count). The number of likely N-dealkylation sites (N-methyl/N-ethyl adjacent to an activating group) is 1. The van der Waals surface area contributed by atoms with Crippen LogP contribution in [0.5, 0.6) is 0 Å². The first-order chi connectivity index (χ1) is 8.22. The lowest BCUT2D eigenvalue weighted by molar-refractivity contribution is 0.743. The maximum absolute atomic E-state index is 11.3. The minimum atomic E-state index is -0.404. The average molecular weight is 239 g/mol. The Bertz CT molecular complexity index is 408. The van der Waals surface area contributed by atoms with Crippen molar-refractivity contribution < 1.29 is 0 Å². The van der Waals surface area contributed by atoms with Crippen LogP contribution in [0, 0.1) is 0 Å². The molecular formula is C12H21N3O2. The maximum atomic E-state index is 11.3. The molecule has 0 unspecified atom stereocenters. The van der Waals surface area contributed by atoms with Crippen LogP contribution in [0.25, 0.3) is 0 Å². The number of hydrogen-bond acceptors (Lipinski definition) is 5. The zero-order valence-corrected chi connectivity index (χ0v) is 10.6. The van der Waals surface area contributed by atoms with Gasteiger partial charge in [0.05, 0.1) is 0 Å². The number of hydrogen-bond donors (Lipinski definition) is 3. The van der Waals surface area contributed by atoms with Crippen molar-refractivity contribution in [1.82, 2.24) is 5.32 Å². The number of anilines is 2. The first-order valence-electron chi connectivity index (χ1n) is 6.18. The molecule has 1 aromatic carbocycles. The Kier molecular flexibility index (Phi) is 5.69. The maximum Gasteiger partial charge on any atom is 0.253 e. The highest BCUT2D eigenvalue weighted by molar-refractivity contribution is 5.73. The monoisotopic (exact) mass is 239 g/mol. The lowest BCUT2D eigenvalue weighted by Gasteiger charge is -2.14. The third-order valence-electron chi connectivity index (χ3n) is 2.67. The van der Waals surface area contributed by atoms with Gasteiger partial charge in [0.1, 0.15) is 11.4 Å². The lowest BCUT2D eigenvalue weighted by Crippen LogP contribution is -2.38. The van der Waals surface area contributed by atoms with Gasteiger partial charge in [0.2, 0.25) is 0 Å². The first kappa shape index (κ1) is 13.7. The summed E-state index contributed by atoms with van der Waals surface area (Å²) in [5.41, 5.74) is 0.108. The molecule has 0 bridgehead atoms. The van der Waals surface area contributed by atoms with Gasteiger partial charge in [-0.2, -0.15) is 0 Å². The van der Waals surface area contributed by atoms with E-state index in [9.17, 15) is 9.59 Å². The minimum absolute atomic E-state index is 0.395. The molecule has 3 N–H and O–H groups in total. The molecule has 5 heteroatoms. The van der Waals surface area contributed by atoms with Crippen LogP contribution >= 0.6 is 0 Å². The van der Waals surface area contributed by atoms with E-state index in [1.165, 1.54) is 0 Å². The summed E-state index contributed by atoms with van der Waals surface area (Å²) in [4.78, 5) is 22.7. The topological polar surface area (TPSA) is 70.2 Å². The summed E-state index contributed by atoms with van der Waals surface area (Å²) in [5.74, 6) is 0. The van der Waals surface area contributed by atoms with E-state index in [1.54, 1.807) is 0 Å². The van der Waals surface area contributed by atoms with Crippen LogP contribution in [0.4, 0.5) is 11.4 Å².